The van der Waals surface area contributed by atoms with E-state index >= 15 is 0 Å². The van der Waals surface area contributed by atoms with Crippen molar-refractivity contribution in [2.24, 2.45) is 0 Å². The van der Waals surface area contributed by atoms with Gasteiger partial charge in [-0.3, -0.25) is 9.10 Å². The summed E-state index contributed by atoms with van der Waals surface area (Å²) in [5, 5.41) is 2.92. The van der Waals surface area contributed by atoms with E-state index in [1.54, 1.807) is 24.3 Å². The number of carbonyl (C=O) groups is 1. The number of nitrogens with one attached hydrogen (secondary N) is 1. The molecular weight excluding hydrogens is 340 g/mol. The Morgan fingerprint density at radius 1 is 1.16 bits per heavy atom. The molecule has 1 saturated heterocycles. The first-order valence-electron chi connectivity index (χ1n) is 8.50. The van der Waals surface area contributed by atoms with E-state index in [2.05, 4.69) is 22.2 Å². The minimum atomic E-state index is -3.30. The van der Waals surface area contributed by atoms with E-state index in [4.69, 9.17) is 0 Å². The van der Waals surface area contributed by atoms with Gasteiger partial charge in [-0.2, -0.15) is 0 Å². The lowest BCUT2D eigenvalue weighted by atomic mass is 10.2. The fourth-order valence-electron chi connectivity index (χ4n) is 2.69. The van der Waals surface area contributed by atoms with Crippen LogP contribution in [0.15, 0.2) is 24.3 Å². The van der Waals surface area contributed by atoms with Crippen molar-refractivity contribution in [2.45, 2.75) is 6.42 Å². The summed E-state index contributed by atoms with van der Waals surface area (Å²) in [7, 11) is 0.329. The molecule has 0 aliphatic carbocycles. The van der Waals surface area contributed by atoms with Gasteiger partial charge in [-0.25, -0.2) is 8.42 Å². The third-order valence-electron chi connectivity index (χ3n) is 4.52. The highest BCUT2D eigenvalue weighted by Gasteiger charge is 2.14. The van der Waals surface area contributed by atoms with Crippen LogP contribution in [0.2, 0.25) is 0 Å². The molecule has 1 aliphatic heterocycles. The van der Waals surface area contributed by atoms with E-state index in [0.29, 0.717) is 17.8 Å². The topological polar surface area (TPSA) is 73.0 Å². The Kier molecular flexibility index (Phi) is 6.80. The van der Waals surface area contributed by atoms with Crippen molar-refractivity contribution < 1.29 is 13.2 Å². The van der Waals surface area contributed by atoms with Crippen LogP contribution in [0.4, 0.5) is 5.69 Å². The highest BCUT2D eigenvalue weighted by atomic mass is 32.2. The number of sulfonamides is 1. The van der Waals surface area contributed by atoms with E-state index in [0.717, 1.165) is 45.4 Å². The van der Waals surface area contributed by atoms with Gasteiger partial charge >= 0.3 is 0 Å². The van der Waals surface area contributed by atoms with Crippen molar-refractivity contribution in [1.82, 2.24) is 15.1 Å². The van der Waals surface area contributed by atoms with Crippen LogP contribution in [0.25, 0.3) is 0 Å². The van der Waals surface area contributed by atoms with Gasteiger partial charge in [0.15, 0.2) is 0 Å². The van der Waals surface area contributed by atoms with Crippen LogP contribution >= 0.6 is 0 Å². The second kappa shape index (κ2) is 8.64. The molecule has 1 N–H and O–H groups in total. The first kappa shape index (κ1) is 19.7. The van der Waals surface area contributed by atoms with Gasteiger partial charge in [0.1, 0.15) is 0 Å². The van der Waals surface area contributed by atoms with Crippen LogP contribution in [0.3, 0.4) is 0 Å². The van der Waals surface area contributed by atoms with Crippen LogP contribution in [-0.4, -0.2) is 83.7 Å². The quantitative estimate of drug-likeness (QED) is 0.708. The molecular formula is C17H28N4O3S. The second-order valence-corrected chi connectivity index (χ2v) is 8.55. The Labute approximate surface area is 150 Å². The van der Waals surface area contributed by atoms with Gasteiger partial charge < -0.3 is 15.1 Å². The molecule has 140 valence electrons. The number of likely N-dealkylation sites (N-methyl/N-ethyl adjacent to an activating group) is 1. The number of nitrogens with zero attached hydrogens (tertiary/aromatic N) is 3. The number of piperazine rings is 1. The van der Waals surface area contributed by atoms with E-state index in [1.165, 1.54) is 11.4 Å². The van der Waals surface area contributed by atoms with Gasteiger partial charge in [0.25, 0.3) is 5.91 Å². The number of benzene rings is 1. The van der Waals surface area contributed by atoms with E-state index in [1.807, 2.05) is 0 Å². The third kappa shape index (κ3) is 5.98. The van der Waals surface area contributed by atoms with Crippen molar-refractivity contribution in [2.75, 3.05) is 63.9 Å². The second-order valence-electron chi connectivity index (χ2n) is 6.53. The van der Waals surface area contributed by atoms with Crippen molar-refractivity contribution in [3.63, 3.8) is 0 Å². The number of amides is 1. The maximum atomic E-state index is 12.2. The van der Waals surface area contributed by atoms with Crippen molar-refractivity contribution in [3.05, 3.63) is 29.8 Å². The zero-order valence-corrected chi connectivity index (χ0v) is 16.1. The number of rotatable bonds is 7. The molecule has 0 aromatic heterocycles. The molecule has 1 fully saturated rings. The molecule has 7 nitrogen and oxygen atoms in total. The molecule has 0 atom stereocenters. The molecule has 1 aromatic carbocycles. The summed E-state index contributed by atoms with van der Waals surface area (Å²) >= 11 is 0. The Morgan fingerprint density at radius 3 is 2.32 bits per heavy atom. The molecule has 0 spiro atoms. The lowest BCUT2D eigenvalue weighted by Crippen LogP contribution is -2.45. The van der Waals surface area contributed by atoms with Crippen molar-refractivity contribution >= 4 is 21.6 Å². The lowest BCUT2D eigenvalue weighted by Gasteiger charge is -2.32. The number of hydrogen-bond acceptors (Lipinski definition) is 5. The monoisotopic (exact) mass is 368 g/mol. The summed E-state index contributed by atoms with van der Waals surface area (Å²) in [5.41, 5.74) is 1.07. The Balaban J connectivity index is 1.75. The van der Waals surface area contributed by atoms with Crippen LogP contribution in [0.5, 0.6) is 0 Å². The molecule has 1 amide bonds. The molecule has 1 aromatic rings. The average molecular weight is 369 g/mol. The fraction of sp³-hybridized carbons (Fsp3) is 0.588. The summed E-state index contributed by atoms with van der Waals surface area (Å²) in [5.74, 6) is -0.132. The molecule has 8 heteroatoms. The van der Waals surface area contributed by atoms with Crippen molar-refractivity contribution in [1.29, 1.82) is 0 Å². The SMILES string of the molecule is CN1CCN(CCCNC(=O)c2ccc(N(C)S(C)(=O)=O)cc2)CC1. The normalized spacial score (nSPS) is 16.6. The summed E-state index contributed by atoms with van der Waals surface area (Å²) in [6.45, 7) is 5.99. The summed E-state index contributed by atoms with van der Waals surface area (Å²) in [6.07, 6.45) is 2.07. The third-order valence-corrected chi connectivity index (χ3v) is 5.73. The molecule has 0 bridgehead atoms. The molecule has 1 aliphatic rings. The van der Waals surface area contributed by atoms with Gasteiger partial charge in [-0.1, -0.05) is 0 Å². The van der Waals surface area contributed by atoms with Gasteiger partial charge in [0.05, 0.1) is 11.9 Å². The molecule has 25 heavy (non-hydrogen) atoms. The predicted molar refractivity (Wildman–Crippen MR) is 101 cm³/mol. The first-order chi connectivity index (χ1) is 11.8. The van der Waals surface area contributed by atoms with E-state index < -0.39 is 10.0 Å². The molecule has 0 radical (unpaired) electrons. The Morgan fingerprint density at radius 2 is 1.76 bits per heavy atom. The van der Waals surface area contributed by atoms with Gasteiger partial charge in [0.2, 0.25) is 10.0 Å². The van der Waals surface area contributed by atoms with Gasteiger partial charge in [-0.05, 0) is 44.3 Å². The van der Waals surface area contributed by atoms with Crippen LogP contribution in [0, 0.1) is 0 Å². The van der Waals surface area contributed by atoms with E-state index in [-0.39, 0.29) is 5.91 Å². The summed E-state index contributed by atoms with van der Waals surface area (Å²) in [4.78, 5) is 16.9. The summed E-state index contributed by atoms with van der Waals surface area (Å²) in [6, 6.07) is 6.57. The minimum Gasteiger partial charge on any atom is -0.352 e. The van der Waals surface area contributed by atoms with E-state index in [9.17, 15) is 13.2 Å². The van der Waals surface area contributed by atoms with Crippen LogP contribution in [-0.2, 0) is 10.0 Å². The first-order valence-corrected chi connectivity index (χ1v) is 10.4. The molecule has 0 saturated carbocycles. The molecule has 0 unspecified atom stereocenters. The Hall–Kier alpha value is -1.64. The largest absolute Gasteiger partial charge is 0.352 e. The average Bonchev–Trinajstić information content (AvgIpc) is 2.58. The maximum absolute atomic E-state index is 12.2. The number of carbonyl (C=O) groups excluding carboxylic acids is 1. The van der Waals surface area contributed by atoms with Gasteiger partial charge in [0, 0.05) is 45.3 Å². The molecule has 1 heterocycles. The minimum absolute atomic E-state index is 0.132. The fourth-order valence-corrected chi connectivity index (χ4v) is 3.20. The maximum Gasteiger partial charge on any atom is 0.251 e. The zero-order valence-electron chi connectivity index (χ0n) is 15.2. The van der Waals surface area contributed by atoms with Crippen LogP contribution < -0.4 is 9.62 Å². The van der Waals surface area contributed by atoms with Gasteiger partial charge in [-0.15, -0.1) is 0 Å². The smallest absolute Gasteiger partial charge is 0.251 e. The predicted octanol–water partition coefficient (Wildman–Crippen LogP) is 0.450. The standard InChI is InChI=1S/C17H28N4O3S/c1-19-11-13-21(14-12-19)10-4-9-18-17(22)15-5-7-16(8-6-15)20(2)25(3,23)24/h5-8H,4,9-14H2,1-3H3,(H,18,22). The zero-order chi connectivity index (χ0) is 18.4. The highest BCUT2D eigenvalue weighted by Crippen LogP contribution is 2.16. The van der Waals surface area contributed by atoms with Crippen LogP contribution in [0.1, 0.15) is 16.8 Å². The number of hydrogen-bond donors (Lipinski definition) is 1. The Bertz CT molecular complexity index is 668. The number of anilines is 1. The van der Waals surface area contributed by atoms with Crippen molar-refractivity contribution in [3.8, 4) is 0 Å². The molecule has 2 rings (SSSR count). The lowest BCUT2D eigenvalue weighted by molar-refractivity contribution is 0.0949. The highest BCUT2D eigenvalue weighted by molar-refractivity contribution is 7.92. The summed E-state index contributed by atoms with van der Waals surface area (Å²) < 4.78 is 24.2.